The third-order valence-electron chi connectivity index (χ3n) is 6.36. The molecule has 1 saturated heterocycles. The molecule has 5 rings (SSSR count). The number of aromatic nitrogens is 4. The number of carbonyl (C=O) groups excluding carboxylic acids is 2. The summed E-state index contributed by atoms with van der Waals surface area (Å²) >= 11 is 0. The number of nitrogens with zero attached hydrogens (tertiary/aromatic N) is 5. The first-order chi connectivity index (χ1) is 18.5. The molecular weight excluding hydrogens is 489 g/mol. The van der Waals surface area contributed by atoms with Crippen molar-refractivity contribution in [2.75, 3.05) is 31.3 Å². The van der Waals surface area contributed by atoms with Crippen molar-refractivity contribution in [2.45, 2.75) is 18.9 Å². The van der Waals surface area contributed by atoms with E-state index in [0.29, 0.717) is 48.0 Å². The largest absolute Gasteiger partial charge is 0.382 e. The fraction of sp³-hybridized carbons (Fsp3) is 0.222. The Kier molecular flexibility index (Phi) is 7.09. The molecule has 0 radical (unpaired) electrons. The van der Waals surface area contributed by atoms with Crippen LogP contribution >= 0.6 is 0 Å². The molecule has 4 heterocycles. The molecule has 3 aromatic heterocycles. The number of rotatable bonds is 7. The number of nitrogens with one attached hydrogen (secondary N) is 1. The Hall–Kier alpha value is -4.64. The second-order valence-electron chi connectivity index (χ2n) is 8.76. The van der Waals surface area contributed by atoms with Gasteiger partial charge >= 0.3 is 0 Å². The zero-order chi connectivity index (χ0) is 26.6. The summed E-state index contributed by atoms with van der Waals surface area (Å²) < 4.78 is 22.0. The maximum atomic E-state index is 15.2. The molecule has 11 heteroatoms. The summed E-state index contributed by atoms with van der Waals surface area (Å²) in [5, 5.41) is 2.58. The van der Waals surface area contributed by atoms with Crippen molar-refractivity contribution in [3.8, 4) is 11.3 Å². The van der Waals surface area contributed by atoms with Crippen LogP contribution < -0.4 is 11.1 Å². The highest BCUT2D eigenvalue weighted by Crippen LogP contribution is 2.36. The predicted octanol–water partition coefficient (Wildman–Crippen LogP) is 3.63. The van der Waals surface area contributed by atoms with E-state index in [4.69, 9.17) is 15.5 Å². The number of amides is 2. The van der Waals surface area contributed by atoms with E-state index in [1.54, 1.807) is 59.1 Å². The van der Waals surface area contributed by atoms with E-state index >= 15 is 4.39 Å². The second-order valence-corrected chi connectivity index (χ2v) is 8.76. The van der Waals surface area contributed by atoms with Gasteiger partial charge in [-0.25, -0.2) is 19.3 Å². The van der Waals surface area contributed by atoms with Crippen molar-refractivity contribution in [1.29, 1.82) is 0 Å². The van der Waals surface area contributed by atoms with Crippen LogP contribution in [0.5, 0.6) is 0 Å². The molecule has 38 heavy (non-hydrogen) atoms. The van der Waals surface area contributed by atoms with Gasteiger partial charge in [0.2, 0.25) is 5.91 Å². The van der Waals surface area contributed by atoms with Crippen molar-refractivity contribution >= 4 is 29.0 Å². The van der Waals surface area contributed by atoms with Crippen LogP contribution in [0.4, 0.5) is 16.0 Å². The van der Waals surface area contributed by atoms with Crippen molar-refractivity contribution < 1.29 is 18.7 Å². The molecule has 4 aromatic rings. The maximum Gasteiger partial charge on any atom is 0.259 e. The van der Waals surface area contributed by atoms with Gasteiger partial charge in [0.05, 0.1) is 18.2 Å². The monoisotopic (exact) mass is 515 g/mol. The average molecular weight is 516 g/mol. The Labute approximate surface area is 218 Å². The first kappa shape index (κ1) is 25.0. The predicted molar refractivity (Wildman–Crippen MR) is 140 cm³/mol. The number of fused-ring (bicyclic) bond motifs is 1. The number of nitrogen functional groups attached to an aromatic ring is 1. The topological polar surface area (TPSA) is 128 Å². The lowest BCUT2D eigenvalue weighted by Gasteiger charge is -2.22. The highest BCUT2D eigenvalue weighted by atomic mass is 19.1. The van der Waals surface area contributed by atoms with Crippen LogP contribution in [0, 0.1) is 5.82 Å². The SMILES string of the molecule is COCC=CC(=O)N1CCCC1c1nc(-c2ccc(C(=O)Nc3ccccn3)c(F)c2)c2c(N)nccn12. The molecule has 194 valence electrons. The van der Waals surface area contributed by atoms with Gasteiger partial charge in [-0.15, -0.1) is 0 Å². The molecule has 1 aromatic carbocycles. The van der Waals surface area contributed by atoms with Crippen LogP contribution in [0.15, 0.2) is 67.1 Å². The molecule has 0 spiro atoms. The standard InChI is InChI=1S/C27H26FN7O3/c1-38-15-5-8-22(36)34-13-4-6-20(34)26-33-23(24-25(29)31-12-14-35(24)26)17-9-10-18(19(28)16-17)27(37)32-21-7-2-3-11-30-21/h2-3,5,7-12,14,16,20H,4,6,13,15H2,1H3,(H2,29,31)(H,30,32,37). The van der Waals surface area contributed by atoms with Crippen LogP contribution in [0.2, 0.25) is 0 Å². The van der Waals surface area contributed by atoms with Gasteiger partial charge in [-0.3, -0.25) is 14.0 Å². The number of benzene rings is 1. The van der Waals surface area contributed by atoms with E-state index in [1.165, 1.54) is 24.4 Å². The van der Waals surface area contributed by atoms with Gasteiger partial charge in [0, 0.05) is 43.9 Å². The molecule has 0 bridgehead atoms. The maximum absolute atomic E-state index is 15.2. The fourth-order valence-corrected chi connectivity index (χ4v) is 4.63. The molecule has 3 N–H and O–H groups in total. The number of imidazole rings is 1. The summed E-state index contributed by atoms with van der Waals surface area (Å²) in [6.45, 7) is 0.921. The Morgan fingerprint density at radius 2 is 2.11 bits per heavy atom. The third-order valence-corrected chi connectivity index (χ3v) is 6.36. The number of carbonyl (C=O) groups is 2. The van der Waals surface area contributed by atoms with Crippen LogP contribution in [0.3, 0.4) is 0 Å². The summed E-state index contributed by atoms with van der Waals surface area (Å²) in [6.07, 6.45) is 9.51. The smallest absolute Gasteiger partial charge is 0.259 e. The Balaban J connectivity index is 1.50. The normalized spacial score (nSPS) is 15.4. The first-order valence-electron chi connectivity index (χ1n) is 12.1. The number of nitrogens with two attached hydrogens (primary N) is 1. The van der Waals surface area contributed by atoms with Crippen molar-refractivity contribution in [3.63, 3.8) is 0 Å². The number of halogens is 1. The van der Waals surface area contributed by atoms with E-state index in [0.717, 1.165) is 6.42 Å². The van der Waals surface area contributed by atoms with Crippen LogP contribution in [-0.2, 0) is 9.53 Å². The first-order valence-corrected chi connectivity index (χ1v) is 12.1. The second kappa shape index (κ2) is 10.8. The number of methoxy groups -OCH3 is 1. The van der Waals surface area contributed by atoms with Gasteiger partial charge in [0.25, 0.3) is 5.91 Å². The lowest BCUT2D eigenvalue weighted by Crippen LogP contribution is -2.30. The van der Waals surface area contributed by atoms with E-state index in [2.05, 4.69) is 15.3 Å². The number of hydrogen-bond donors (Lipinski definition) is 2. The Morgan fingerprint density at radius 3 is 2.87 bits per heavy atom. The number of likely N-dealkylation sites (tertiary alicyclic amines) is 1. The molecule has 0 saturated carbocycles. The van der Waals surface area contributed by atoms with E-state index in [9.17, 15) is 9.59 Å². The summed E-state index contributed by atoms with van der Waals surface area (Å²) in [6, 6.07) is 9.00. The number of anilines is 2. The summed E-state index contributed by atoms with van der Waals surface area (Å²) in [4.78, 5) is 40.3. The number of ether oxygens (including phenoxy) is 1. The van der Waals surface area contributed by atoms with Gasteiger partial charge in [-0.2, -0.15) is 0 Å². The fourth-order valence-electron chi connectivity index (χ4n) is 4.63. The highest BCUT2D eigenvalue weighted by molar-refractivity contribution is 6.04. The minimum Gasteiger partial charge on any atom is -0.382 e. The lowest BCUT2D eigenvalue weighted by atomic mass is 10.1. The third kappa shape index (κ3) is 4.83. The van der Waals surface area contributed by atoms with Crippen molar-refractivity contribution in [3.05, 3.63) is 84.3 Å². The zero-order valence-corrected chi connectivity index (χ0v) is 20.7. The van der Waals surface area contributed by atoms with Crippen LogP contribution in [-0.4, -0.2) is 56.3 Å². The van der Waals surface area contributed by atoms with E-state index in [-0.39, 0.29) is 23.3 Å². The summed E-state index contributed by atoms with van der Waals surface area (Å²) in [7, 11) is 1.56. The number of pyridine rings is 1. The average Bonchev–Trinajstić information content (AvgIpc) is 3.55. The molecule has 1 unspecified atom stereocenters. The van der Waals surface area contributed by atoms with Gasteiger partial charge in [-0.1, -0.05) is 18.2 Å². The molecule has 1 fully saturated rings. The molecule has 1 aliphatic heterocycles. The van der Waals surface area contributed by atoms with Gasteiger partial charge in [0.1, 0.15) is 34.5 Å². The molecule has 1 atom stereocenters. The van der Waals surface area contributed by atoms with E-state index in [1.807, 2.05) is 0 Å². The van der Waals surface area contributed by atoms with Crippen LogP contribution in [0.1, 0.15) is 35.1 Å². The lowest BCUT2D eigenvalue weighted by molar-refractivity contribution is -0.127. The minimum atomic E-state index is -0.720. The molecule has 0 aliphatic carbocycles. The summed E-state index contributed by atoms with van der Waals surface area (Å²) in [5.74, 6) is -0.341. The van der Waals surface area contributed by atoms with Crippen LogP contribution in [0.25, 0.3) is 16.8 Å². The molecular formula is C27H26FN7O3. The van der Waals surface area contributed by atoms with Gasteiger partial charge in [0.15, 0.2) is 0 Å². The molecule has 10 nitrogen and oxygen atoms in total. The number of hydrogen-bond acceptors (Lipinski definition) is 7. The molecule has 2 amide bonds. The summed E-state index contributed by atoms with van der Waals surface area (Å²) in [5.41, 5.74) is 7.45. The van der Waals surface area contributed by atoms with Gasteiger partial charge < -0.3 is 20.7 Å². The van der Waals surface area contributed by atoms with Gasteiger partial charge in [-0.05, 0) is 37.1 Å². The Morgan fingerprint density at radius 1 is 1.24 bits per heavy atom. The molecule has 1 aliphatic rings. The van der Waals surface area contributed by atoms with Crippen molar-refractivity contribution in [1.82, 2.24) is 24.3 Å². The Bertz CT molecular complexity index is 1520. The quantitative estimate of drug-likeness (QED) is 0.360. The highest BCUT2D eigenvalue weighted by Gasteiger charge is 2.33. The zero-order valence-electron chi connectivity index (χ0n) is 20.7. The van der Waals surface area contributed by atoms with Crippen molar-refractivity contribution in [2.24, 2.45) is 0 Å². The van der Waals surface area contributed by atoms with E-state index < -0.39 is 11.7 Å². The minimum absolute atomic E-state index is 0.135.